The summed E-state index contributed by atoms with van der Waals surface area (Å²) >= 11 is 5.97. The Hall–Kier alpha value is -1.54. The van der Waals surface area contributed by atoms with Gasteiger partial charge in [0.05, 0.1) is 6.04 Å². The Labute approximate surface area is 150 Å². The number of benzene rings is 2. The van der Waals surface area contributed by atoms with E-state index in [-0.39, 0.29) is 23.7 Å². The summed E-state index contributed by atoms with van der Waals surface area (Å²) in [6, 6.07) is 9.76. The smallest absolute Gasteiger partial charge is 0.207 e. The van der Waals surface area contributed by atoms with Gasteiger partial charge in [-0.15, -0.1) is 0 Å². The fourth-order valence-electron chi connectivity index (χ4n) is 2.86. The van der Waals surface area contributed by atoms with Crippen LogP contribution in [0, 0.1) is 11.6 Å². The van der Waals surface area contributed by atoms with E-state index in [1.807, 2.05) is 0 Å². The number of nitrogens with zero attached hydrogens (tertiary/aromatic N) is 2. The van der Waals surface area contributed by atoms with Crippen LogP contribution in [0.2, 0.25) is 5.02 Å². The van der Waals surface area contributed by atoms with Crippen LogP contribution in [-0.2, 0) is 16.8 Å². The molecule has 0 N–H and O–H groups in total. The van der Waals surface area contributed by atoms with Gasteiger partial charge in [-0.25, -0.2) is 8.78 Å². The van der Waals surface area contributed by atoms with Gasteiger partial charge in [0, 0.05) is 36.3 Å². The molecule has 1 fully saturated rings. The van der Waals surface area contributed by atoms with Gasteiger partial charge in [-0.1, -0.05) is 35.9 Å². The van der Waals surface area contributed by atoms with Crippen molar-refractivity contribution >= 4 is 21.8 Å². The SMILES string of the molecule is CN(Cc1c(F)cccc1Cl)S(=O)(=O)N1CCC1c1ccccc1F. The Morgan fingerprint density at radius 2 is 1.84 bits per heavy atom. The quantitative estimate of drug-likeness (QED) is 0.785. The lowest BCUT2D eigenvalue weighted by Gasteiger charge is -2.41. The lowest BCUT2D eigenvalue weighted by Crippen LogP contribution is -2.50. The first kappa shape index (κ1) is 18.3. The van der Waals surface area contributed by atoms with Crippen molar-refractivity contribution in [1.82, 2.24) is 8.61 Å². The molecule has 8 heteroatoms. The summed E-state index contributed by atoms with van der Waals surface area (Å²) in [7, 11) is -2.52. The zero-order chi connectivity index (χ0) is 18.2. The molecule has 0 radical (unpaired) electrons. The van der Waals surface area contributed by atoms with Crippen molar-refractivity contribution in [2.75, 3.05) is 13.6 Å². The molecule has 1 unspecified atom stereocenters. The lowest BCUT2D eigenvalue weighted by atomic mass is 9.97. The molecule has 1 aliphatic rings. The standard InChI is InChI=1S/C17H17ClF2N2O2S/c1-21(11-13-14(18)6-4-8-16(13)20)25(23,24)22-10-9-17(22)12-5-2-3-7-15(12)19/h2-8,17H,9-11H2,1H3. The van der Waals surface area contributed by atoms with Crippen molar-refractivity contribution in [3.05, 3.63) is 70.2 Å². The van der Waals surface area contributed by atoms with Gasteiger partial charge in [-0.05, 0) is 24.6 Å². The maximum Gasteiger partial charge on any atom is 0.282 e. The Morgan fingerprint density at radius 3 is 2.44 bits per heavy atom. The fraction of sp³-hybridized carbons (Fsp3) is 0.294. The van der Waals surface area contributed by atoms with E-state index in [9.17, 15) is 17.2 Å². The first-order chi connectivity index (χ1) is 11.8. The van der Waals surface area contributed by atoms with Crippen molar-refractivity contribution in [1.29, 1.82) is 0 Å². The van der Waals surface area contributed by atoms with Gasteiger partial charge in [0.2, 0.25) is 0 Å². The number of halogens is 3. The molecule has 0 spiro atoms. The van der Waals surface area contributed by atoms with Crippen LogP contribution in [0.5, 0.6) is 0 Å². The molecule has 1 heterocycles. The molecule has 0 bridgehead atoms. The van der Waals surface area contributed by atoms with Crippen molar-refractivity contribution in [2.45, 2.75) is 19.0 Å². The van der Waals surface area contributed by atoms with Crippen molar-refractivity contribution in [3.8, 4) is 0 Å². The average Bonchev–Trinajstić information content (AvgIpc) is 2.51. The predicted molar refractivity (Wildman–Crippen MR) is 92.3 cm³/mol. The molecule has 0 aromatic heterocycles. The summed E-state index contributed by atoms with van der Waals surface area (Å²) in [5, 5.41) is 0.163. The number of hydrogen-bond donors (Lipinski definition) is 0. The summed E-state index contributed by atoms with van der Waals surface area (Å²) in [6.45, 7) is 0.0883. The highest BCUT2D eigenvalue weighted by molar-refractivity contribution is 7.86. The highest BCUT2D eigenvalue weighted by Gasteiger charge is 2.41. The van der Waals surface area contributed by atoms with Crippen LogP contribution >= 0.6 is 11.6 Å². The molecule has 4 nitrogen and oxygen atoms in total. The Bertz CT molecular complexity index is 872. The molecule has 0 saturated carbocycles. The summed E-state index contributed by atoms with van der Waals surface area (Å²) in [6.07, 6.45) is 0.536. The number of hydrogen-bond acceptors (Lipinski definition) is 2. The van der Waals surface area contributed by atoms with Gasteiger partial charge in [-0.2, -0.15) is 17.0 Å². The summed E-state index contributed by atoms with van der Waals surface area (Å²) in [4.78, 5) is 0. The molecule has 1 aliphatic heterocycles. The molecule has 0 amide bonds. The molecule has 134 valence electrons. The second kappa shape index (κ2) is 6.99. The minimum atomic E-state index is -3.87. The van der Waals surface area contributed by atoms with E-state index in [2.05, 4.69) is 0 Å². The first-order valence-corrected chi connectivity index (χ1v) is 9.50. The van der Waals surface area contributed by atoms with Gasteiger partial charge in [0.25, 0.3) is 10.2 Å². The van der Waals surface area contributed by atoms with Gasteiger partial charge < -0.3 is 0 Å². The van der Waals surface area contributed by atoms with Crippen LogP contribution in [0.3, 0.4) is 0 Å². The average molecular weight is 387 g/mol. The molecule has 0 aliphatic carbocycles. The topological polar surface area (TPSA) is 40.6 Å². The van der Waals surface area contributed by atoms with E-state index >= 15 is 0 Å². The summed E-state index contributed by atoms with van der Waals surface area (Å²) in [5.41, 5.74) is 0.452. The first-order valence-electron chi connectivity index (χ1n) is 7.73. The highest BCUT2D eigenvalue weighted by Crippen LogP contribution is 2.38. The van der Waals surface area contributed by atoms with Crippen LogP contribution in [0.25, 0.3) is 0 Å². The zero-order valence-electron chi connectivity index (χ0n) is 13.5. The fourth-order valence-corrected chi connectivity index (χ4v) is 4.61. The monoisotopic (exact) mass is 386 g/mol. The van der Waals surface area contributed by atoms with E-state index in [1.165, 1.54) is 35.6 Å². The molecule has 2 aromatic rings. The van der Waals surface area contributed by atoms with Crippen LogP contribution < -0.4 is 0 Å². The van der Waals surface area contributed by atoms with E-state index in [0.717, 1.165) is 4.31 Å². The van der Waals surface area contributed by atoms with Gasteiger partial charge >= 0.3 is 0 Å². The minimum absolute atomic E-state index is 0.109. The normalized spacial score (nSPS) is 18.4. The Kier molecular flexibility index (Phi) is 5.11. The summed E-state index contributed by atoms with van der Waals surface area (Å²) < 4.78 is 55.7. The van der Waals surface area contributed by atoms with Gasteiger partial charge in [0.15, 0.2) is 0 Å². The molecule has 3 rings (SSSR count). The lowest BCUT2D eigenvalue weighted by molar-refractivity contribution is 0.183. The Morgan fingerprint density at radius 1 is 1.16 bits per heavy atom. The van der Waals surface area contributed by atoms with E-state index in [4.69, 9.17) is 11.6 Å². The van der Waals surface area contributed by atoms with Crippen molar-refractivity contribution in [2.24, 2.45) is 0 Å². The van der Waals surface area contributed by atoms with E-state index < -0.39 is 27.9 Å². The van der Waals surface area contributed by atoms with E-state index in [1.54, 1.807) is 18.2 Å². The third-order valence-electron chi connectivity index (χ3n) is 4.37. The molecule has 1 saturated heterocycles. The maximum absolute atomic E-state index is 14.0. The highest BCUT2D eigenvalue weighted by atomic mass is 35.5. The Balaban J connectivity index is 1.83. The third-order valence-corrected chi connectivity index (χ3v) is 6.67. The van der Waals surface area contributed by atoms with Crippen LogP contribution in [0.4, 0.5) is 8.78 Å². The van der Waals surface area contributed by atoms with Crippen LogP contribution in [0.1, 0.15) is 23.6 Å². The van der Waals surface area contributed by atoms with E-state index in [0.29, 0.717) is 12.0 Å². The second-order valence-electron chi connectivity index (χ2n) is 5.90. The molecule has 25 heavy (non-hydrogen) atoms. The van der Waals surface area contributed by atoms with Crippen molar-refractivity contribution < 1.29 is 17.2 Å². The zero-order valence-corrected chi connectivity index (χ0v) is 15.1. The molecule has 1 atom stereocenters. The largest absolute Gasteiger partial charge is 0.282 e. The van der Waals surface area contributed by atoms with Crippen molar-refractivity contribution in [3.63, 3.8) is 0 Å². The minimum Gasteiger partial charge on any atom is -0.207 e. The predicted octanol–water partition coefficient (Wildman–Crippen LogP) is 3.74. The summed E-state index contributed by atoms with van der Waals surface area (Å²) in [5.74, 6) is -1.00. The molecular formula is C17H17ClF2N2O2S. The van der Waals surface area contributed by atoms with Crippen LogP contribution in [0.15, 0.2) is 42.5 Å². The van der Waals surface area contributed by atoms with Gasteiger partial charge in [0.1, 0.15) is 11.6 Å². The molecular weight excluding hydrogens is 370 g/mol. The van der Waals surface area contributed by atoms with Gasteiger partial charge in [-0.3, -0.25) is 0 Å². The third kappa shape index (κ3) is 3.42. The molecule has 2 aromatic carbocycles. The second-order valence-corrected chi connectivity index (χ2v) is 8.30. The number of rotatable bonds is 5. The van der Waals surface area contributed by atoms with Crippen LogP contribution in [-0.4, -0.2) is 30.6 Å². The maximum atomic E-state index is 14.0.